The van der Waals surface area contributed by atoms with Crippen molar-refractivity contribution in [3.63, 3.8) is 0 Å². The molecule has 0 bridgehead atoms. The fraction of sp³-hybridized carbons (Fsp3) is 0.562. The van der Waals surface area contributed by atoms with Gasteiger partial charge in [0.15, 0.2) is 0 Å². The first-order valence-electron chi connectivity index (χ1n) is 7.26. The maximum Gasteiger partial charge on any atom is 0.304 e. The van der Waals surface area contributed by atoms with Gasteiger partial charge in [-0.05, 0) is 31.7 Å². The van der Waals surface area contributed by atoms with Crippen LogP contribution in [0.25, 0.3) is 0 Å². The van der Waals surface area contributed by atoms with Gasteiger partial charge in [0, 0.05) is 19.2 Å². The standard InChI is InChI=1S/C16H23NO3/c1-12-4-6-13(7-5-12)9-14(10-16(18)19)17-11-15-3-2-8-20-15/h4-7,14-15,17H,2-3,8-11H2,1H3,(H,18,19). The highest BCUT2D eigenvalue weighted by Gasteiger charge is 2.19. The predicted molar refractivity (Wildman–Crippen MR) is 77.9 cm³/mol. The molecule has 110 valence electrons. The smallest absolute Gasteiger partial charge is 0.304 e. The highest BCUT2D eigenvalue weighted by Crippen LogP contribution is 2.12. The highest BCUT2D eigenvalue weighted by molar-refractivity contribution is 5.67. The van der Waals surface area contributed by atoms with E-state index < -0.39 is 5.97 Å². The van der Waals surface area contributed by atoms with E-state index in [9.17, 15) is 4.79 Å². The molecule has 2 N–H and O–H groups in total. The van der Waals surface area contributed by atoms with Crippen LogP contribution < -0.4 is 5.32 Å². The van der Waals surface area contributed by atoms with Crippen molar-refractivity contribution in [2.24, 2.45) is 0 Å². The predicted octanol–water partition coefficient (Wildman–Crippen LogP) is 2.15. The fourth-order valence-corrected chi connectivity index (χ4v) is 2.54. The molecule has 0 aliphatic carbocycles. The van der Waals surface area contributed by atoms with E-state index in [-0.39, 0.29) is 18.6 Å². The molecule has 20 heavy (non-hydrogen) atoms. The van der Waals surface area contributed by atoms with E-state index in [2.05, 4.69) is 29.6 Å². The van der Waals surface area contributed by atoms with Gasteiger partial charge in [0.25, 0.3) is 0 Å². The quantitative estimate of drug-likeness (QED) is 0.802. The second-order valence-electron chi connectivity index (χ2n) is 5.53. The lowest BCUT2D eigenvalue weighted by molar-refractivity contribution is -0.137. The van der Waals surface area contributed by atoms with Crippen molar-refractivity contribution in [2.45, 2.75) is 44.8 Å². The average Bonchev–Trinajstić information content (AvgIpc) is 2.91. The van der Waals surface area contributed by atoms with Crippen LogP contribution in [0.3, 0.4) is 0 Å². The minimum atomic E-state index is -0.762. The maximum absolute atomic E-state index is 11.0. The summed E-state index contributed by atoms with van der Waals surface area (Å²) in [5, 5.41) is 12.4. The Kier molecular flexibility index (Phi) is 5.56. The molecule has 4 nitrogen and oxygen atoms in total. The third kappa shape index (κ3) is 4.94. The lowest BCUT2D eigenvalue weighted by Gasteiger charge is -2.19. The van der Waals surface area contributed by atoms with Crippen LogP contribution in [0, 0.1) is 6.92 Å². The summed E-state index contributed by atoms with van der Waals surface area (Å²) in [4.78, 5) is 11.0. The van der Waals surface area contributed by atoms with Crippen molar-refractivity contribution in [1.29, 1.82) is 0 Å². The van der Waals surface area contributed by atoms with E-state index in [1.165, 1.54) is 11.1 Å². The van der Waals surface area contributed by atoms with Crippen LogP contribution >= 0.6 is 0 Å². The number of hydrogen-bond acceptors (Lipinski definition) is 3. The molecule has 0 amide bonds. The SMILES string of the molecule is Cc1ccc(CC(CC(=O)O)NCC2CCCO2)cc1. The molecular weight excluding hydrogens is 254 g/mol. The van der Waals surface area contributed by atoms with Gasteiger partial charge in [-0.1, -0.05) is 29.8 Å². The van der Waals surface area contributed by atoms with Crippen molar-refractivity contribution in [2.75, 3.05) is 13.2 Å². The van der Waals surface area contributed by atoms with E-state index in [1.807, 2.05) is 6.92 Å². The van der Waals surface area contributed by atoms with Crippen molar-refractivity contribution >= 4 is 5.97 Å². The molecule has 1 aliphatic rings. The lowest BCUT2D eigenvalue weighted by atomic mass is 10.0. The van der Waals surface area contributed by atoms with E-state index in [0.29, 0.717) is 0 Å². The highest BCUT2D eigenvalue weighted by atomic mass is 16.5. The Hall–Kier alpha value is -1.39. The normalized spacial score (nSPS) is 19.9. The first kappa shape index (κ1) is 15.0. The molecule has 2 unspecified atom stereocenters. The molecule has 0 saturated carbocycles. The Bertz CT molecular complexity index is 424. The molecule has 2 atom stereocenters. The molecule has 0 radical (unpaired) electrons. The lowest BCUT2D eigenvalue weighted by Crippen LogP contribution is -2.38. The van der Waals surface area contributed by atoms with Gasteiger partial charge in [-0.15, -0.1) is 0 Å². The van der Waals surface area contributed by atoms with Crippen LogP contribution in [0.4, 0.5) is 0 Å². The van der Waals surface area contributed by atoms with Crippen LogP contribution in [0.1, 0.15) is 30.4 Å². The number of ether oxygens (including phenoxy) is 1. The second-order valence-corrected chi connectivity index (χ2v) is 5.53. The summed E-state index contributed by atoms with van der Waals surface area (Å²) in [7, 11) is 0. The fourth-order valence-electron chi connectivity index (χ4n) is 2.54. The van der Waals surface area contributed by atoms with E-state index >= 15 is 0 Å². The number of carboxylic acids is 1. The molecule has 2 rings (SSSR count). The Morgan fingerprint density at radius 1 is 1.45 bits per heavy atom. The third-order valence-corrected chi connectivity index (χ3v) is 3.68. The zero-order valence-corrected chi connectivity index (χ0v) is 12.0. The van der Waals surface area contributed by atoms with Crippen LogP contribution in [0.15, 0.2) is 24.3 Å². The number of carboxylic acid groups (broad SMARTS) is 1. The van der Waals surface area contributed by atoms with Crippen molar-refractivity contribution < 1.29 is 14.6 Å². The Labute approximate surface area is 120 Å². The number of hydrogen-bond donors (Lipinski definition) is 2. The zero-order chi connectivity index (χ0) is 14.4. The molecule has 0 aromatic heterocycles. The van der Waals surface area contributed by atoms with Gasteiger partial charge in [-0.2, -0.15) is 0 Å². The van der Waals surface area contributed by atoms with Crippen LogP contribution in [-0.2, 0) is 16.0 Å². The summed E-state index contributed by atoms with van der Waals surface area (Å²) in [5.74, 6) is -0.762. The maximum atomic E-state index is 11.0. The first-order chi connectivity index (χ1) is 9.63. The van der Waals surface area contributed by atoms with E-state index in [0.717, 1.165) is 32.4 Å². The molecular formula is C16H23NO3. The van der Waals surface area contributed by atoms with Gasteiger partial charge in [-0.25, -0.2) is 0 Å². The molecule has 1 aromatic rings. The van der Waals surface area contributed by atoms with Crippen molar-refractivity contribution in [3.05, 3.63) is 35.4 Å². The number of aryl methyl sites for hydroxylation is 1. The van der Waals surface area contributed by atoms with Gasteiger partial charge < -0.3 is 15.2 Å². The van der Waals surface area contributed by atoms with Gasteiger partial charge >= 0.3 is 5.97 Å². The van der Waals surface area contributed by atoms with Crippen LogP contribution in [-0.4, -0.2) is 36.4 Å². The number of aliphatic carboxylic acids is 1. The van der Waals surface area contributed by atoms with Gasteiger partial charge in [0.2, 0.25) is 0 Å². The van der Waals surface area contributed by atoms with Gasteiger partial charge in [0.05, 0.1) is 12.5 Å². The van der Waals surface area contributed by atoms with Gasteiger partial charge in [0.1, 0.15) is 0 Å². The monoisotopic (exact) mass is 277 g/mol. The number of benzene rings is 1. The van der Waals surface area contributed by atoms with Crippen LogP contribution in [0.5, 0.6) is 0 Å². The molecule has 4 heteroatoms. The number of carbonyl (C=O) groups is 1. The van der Waals surface area contributed by atoms with E-state index in [4.69, 9.17) is 9.84 Å². The Morgan fingerprint density at radius 2 is 2.20 bits per heavy atom. The minimum absolute atomic E-state index is 0.0422. The largest absolute Gasteiger partial charge is 0.481 e. The van der Waals surface area contributed by atoms with Crippen LogP contribution in [0.2, 0.25) is 0 Å². The first-order valence-corrected chi connectivity index (χ1v) is 7.26. The summed E-state index contributed by atoms with van der Waals surface area (Å²) >= 11 is 0. The summed E-state index contributed by atoms with van der Waals surface area (Å²) < 4.78 is 5.56. The Morgan fingerprint density at radius 3 is 2.80 bits per heavy atom. The summed E-state index contributed by atoms with van der Waals surface area (Å²) in [6, 6.07) is 8.22. The summed E-state index contributed by atoms with van der Waals surface area (Å²) in [6.45, 7) is 3.62. The third-order valence-electron chi connectivity index (χ3n) is 3.68. The topological polar surface area (TPSA) is 58.6 Å². The molecule has 1 aromatic carbocycles. The van der Waals surface area contributed by atoms with Gasteiger partial charge in [-0.3, -0.25) is 4.79 Å². The summed E-state index contributed by atoms with van der Waals surface area (Å²) in [5.41, 5.74) is 2.39. The minimum Gasteiger partial charge on any atom is -0.481 e. The number of nitrogens with one attached hydrogen (secondary N) is 1. The molecule has 1 saturated heterocycles. The number of rotatable bonds is 7. The molecule has 1 fully saturated rings. The molecule has 1 heterocycles. The zero-order valence-electron chi connectivity index (χ0n) is 12.0. The van der Waals surface area contributed by atoms with E-state index in [1.54, 1.807) is 0 Å². The second kappa shape index (κ2) is 7.41. The molecule has 0 spiro atoms. The Balaban J connectivity index is 1.88. The molecule has 1 aliphatic heterocycles. The van der Waals surface area contributed by atoms with Crippen molar-refractivity contribution in [3.8, 4) is 0 Å². The van der Waals surface area contributed by atoms with Crippen molar-refractivity contribution in [1.82, 2.24) is 5.32 Å². The summed E-state index contributed by atoms with van der Waals surface area (Å²) in [6.07, 6.45) is 3.29. The average molecular weight is 277 g/mol.